The van der Waals surface area contributed by atoms with Gasteiger partial charge in [0.05, 0.1) is 12.1 Å². The third-order valence-electron chi connectivity index (χ3n) is 3.50. The molecule has 0 aromatic carbocycles. The Morgan fingerprint density at radius 1 is 1.44 bits per heavy atom. The van der Waals surface area contributed by atoms with Crippen LogP contribution in [0.15, 0.2) is 18.5 Å². The summed E-state index contributed by atoms with van der Waals surface area (Å²) in [4.78, 5) is 6.45. The van der Waals surface area contributed by atoms with Gasteiger partial charge >= 0.3 is 0 Å². The van der Waals surface area contributed by atoms with E-state index < -0.39 is 0 Å². The van der Waals surface area contributed by atoms with E-state index in [4.69, 9.17) is 4.74 Å². The lowest BCUT2D eigenvalue weighted by molar-refractivity contribution is 0.260. The fourth-order valence-corrected chi connectivity index (χ4v) is 2.59. The monoisotopic (exact) mass is 245 g/mol. The minimum atomic E-state index is 0.832. The van der Waals surface area contributed by atoms with Crippen LogP contribution in [0.2, 0.25) is 0 Å². The van der Waals surface area contributed by atoms with Crippen molar-refractivity contribution < 1.29 is 4.74 Å². The summed E-state index contributed by atoms with van der Waals surface area (Å²) in [7, 11) is 4.20. The highest BCUT2D eigenvalue weighted by molar-refractivity contribution is 5.86. The molecule has 0 radical (unpaired) electrons. The molecular formula is C14H19N3O. The molecule has 2 aromatic rings. The summed E-state index contributed by atoms with van der Waals surface area (Å²) < 4.78 is 8.19. The number of aromatic nitrogens is 2. The molecule has 2 aromatic heterocycles. The zero-order chi connectivity index (χ0) is 12.5. The average molecular weight is 245 g/mol. The lowest BCUT2D eigenvalue weighted by Gasteiger charge is -2.18. The first-order valence-corrected chi connectivity index (χ1v) is 6.50. The SMILES string of the molecule is CN(C)CCn1c2c(c3cnccc31)CCCO2. The Balaban J connectivity index is 2.10. The predicted octanol–water partition coefficient (Wildman–Crippen LogP) is 1.92. The number of hydrogen-bond acceptors (Lipinski definition) is 3. The molecule has 0 N–H and O–H groups in total. The van der Waals surface area contributed by atoms with Gasteiger partial charge in [0.2, 0.25) is 0 Å². The molecule has 0 atom stereocenters. The van der Waals surface area contributed by atoms with Crippen molar-refractivity contribution in [1.29, 1.82) is 0 Å². The number of ether oxygens (including phenoxy) is 1. The van der Waals surface area contributed by atoms with Gasteiger partial charge in [0.25, 0.3) is 0 Å². The molecule has 96 valence electrons. The van der Waals surface area contributed by atoms with Crippen LogP contribution < -0.4 is 4.74 Å². The fraction of sp³-hybridized carbons (Fsp3) is 0.500. The van der Waals surface area contributed by atoms with Crippen LogP contribution in [0.25, 0.3) is 10.9 Å². The van der Waals surface area contributed by atoms with Crippen LogP contribution in [-0.4, -0.2) is 41.7 Å². The van der Waals surface area contributed by atoms with Crippen molar-refractivity contribution in [3.8, 4) is 5.88 Å². The number of likely N-dealkylation sites (N-methyl/N-ethyl adjacent to an activating group) is 1. The Morgan fingerprint density at radius 2 is 2.33 bits per heavy atom. The number of hydrogen-bond donors (Lipinski definition) is 0. The van der Waals surface area contributed by atoms with E-state index in [0.717, 1.165) is 38.4 Å². The van der Waals surface area contributed by atoms with Crippen molar-refractivity contribution in [1.82, 2.24) is 14.5 Å². The topological polar surface area (TPSA) is 30.3 Å². The van der Waals surface area contributed by atoms with Crippen LogP contribution in [0.1, 0.15) is 12.0 Å². The highest BCUT2D eigenvalue weighted by atomic mass is 16.5. The minimum Gasteiger partial charge on any atom is -0.479 e. The number of fused-ring (bicyclic) bond motifs is 3. The van der Waals surface area contributed by atoms with Crippen LogP contribution in [0.5, 0.6) is 5.88 Å². The molecule has 0 saturated heterocycles. The van der Waals surface area contributed by atoms with E-state index in [1.54, 1.807) is 0 Å². The third-order valence-corrected chi connectivity index (χ3v) is 3.50. The smallest absolute Gasteiger partial charge is 0.197 e. The summed E-state index contributed by atoms with van der Waals surface area (Å²) in [5.74, 6) is 1.06. The number of nitrogens with zero attached hydrogens (tertiary/aromatic N) is 3. The van der Waals surface area contributed by atoms with Crippen LogP contribution in [0.3, 0.4) is 0 Å². The largest absolute Gasteiger partial charge is 0.479 e. The normalized spacial score (nSPS) is 14.8. The van der Waals surface area contributed by atoms with Crippen LogP contribution in [0.4, 0.5) is 0 Å². The first kappa shape index (κ1) is 11.5. The summed E-state index contributed by atoms with van der Waals surface area (Å²) in [5.41, 5.74) is 2.59. The summed E-state index contributed by atoms with van der Waals surface area (Å²) in [6.07, 6.45) is 6.04. The maximum atomic E-state index is 5.89. The van der Waals surface area contributed by atoms with Gasteiger partial charge in [-0.15, -0.1) is 0 Å². The van der Waals surface area contributed by atoms with Gasteiger partial charge in [-0.25, -0.2) is 0 Å². The van der Waals surface area contributed by atoms with E-state index in [-0.39, 0.29) is 0 Å². The Labute approximate surface area is 107 Å². The molecule has 3 heterocycles. The number of pyridine rings is 1. The van der Waals surface area contributed by atoms with Gasteiger partial charge in [-0.05, 0) is 33.0 Å². The summed E-state index contributed by atoms with van der Waals surface area (Å²) in [6.45, 7) is 2.81. The molecule has 0 spiro atoms. The Hall–Kier alpha value is -1.55. The lowest BCUT2D eigenvalue weighted by atomic mass is 10.1. The van der Waals surface area contributed by atoms with Gasteiger partial charge in [0.1, 0.15) is 0 Å². The summed E-state index contributed by atoms with van der Waals surface area (Å²) in [5, 5.41) is 1.26. The van der Waals surface area contributed by atoms with Crippen molar-refractivity contribution in [2.45, 2.75) is 19.4 Å². The maximum absolute atomic E-state index is 5.89. The second-order valence-electron chi connectivity index (χ2n) is 5.08. The Morgan fingerprint density at radius 3 is 3.17 bits per heavy atom. The van der Waals surface area contributed by atoms with Crippen molar-refractivity contribution in [2.75, 3.05) is 27.2 Å². The molecule has 0 amide bonds. The van der Waals surface area contributed by atoms with E-state index in [9.17, 15) is 0 Å². The highest BCUT2D eigenvalue weighted by Crippen LogP contribution is 2.35. The molecule has 3 rings (SSSR count). The third kappa shape index (κ3) is 1.86. The van der Waals surface area contributed by atoms with Gasteiger partial charge < -0.3 is 14.2 Å². The molecule has 0 fully saturated rings. The van der Waals surface area contributed by atoms with Crippen LogP contribution >= 0.6 is 0 Å². The van der Waals surface area contributed by atoms with E-state index in [1.807, 2.05) is 12.4 Å². The molecule has 0 saturated carbocycles. The molecule has 0 unspecified atom stereocenters. The quantitative estimate of drug-likeness (QED) is 0.827. The van der Waals surface area contributed by atoms with Gasteiger partial charge in [-0.3, -0.25) is 4.98 Å². The maximum Gasteiger partial charge on any atom is 0.197 e. The molecule has 0 bridgehead atoms. The van der Waals surface area contributed by atoms with Gasteiger partial charge in [-0.1, -0.05) is 0 Å². The fourth-order valence-electron chi connectivity index (χ4n) is 2.59. The summed E-state index contributed by atoms with van der Waals surface area (Å²) in [6, 6.07) is 2.09. The second kappa shape index (κ2) is 4.61. The predicted molar refractivity (Wildman–Crippen MR) is 72.1 cm³/mol. The molecule has 18 heavy (non-hydrogen) atoms. The first-order valence-electron chi connectivity index (χ1n) is 6.50. The van der Waals surface area contributed by atoms with Crippen molar-refractivity contribution in [3.05, 3.63) is 24.0 Å². The molecule has 4 heteroatoms. The lowest BCUT2D eigenvalue weighted by Crippen LogP contribution is -2.20. The summed E-state index contributed by atoms with van der Waals surface area (Å²) >= 11 is 0. The zero-order valence-corrected chi connectivity index (χ0v) is 11.0. The minimum absolute atomic E-state index is 0.832. The second-order valence-corrected chi connectivity index (χ2v) is 5.08. The van der Waals surface area contributed by atoms with E-state index >= 15 is 0 Å². The molecule has 1 aliphatic rings. The first-order chi connectivity index (χ1) is 8.77. The standard InChI is InChI=1S/C14H19N3O/c1-16(2)7-8-17-13-5-6-15-10-12(13)11-4-3-9-18-14(11)17/h5-6,10H,3-4,7-9H2,1-2H3. The Kier molecular flexibility index (Phi) is 2.96. The average Bonchev–Trinajstić information content (AvgIpc) is 2.71. The van der Waals surface area contributed by atoms with Gasteiger partial charge in [0.15, 0.2) is 5.88 Å². The number of rotatable bonds is 3. The van der Waals surface area contributed by atoms with Crippen molar-refractivity contribution in [3.63, 3.8) is 0 Å². The molecular weight excluding hydrogens is 226 g/mol. The molecule has 4 nitrogen and oxygen atoms in total. The van der Waals surface area contributed by atoms with Crippen molar-refractivity contribution in [2.24, 2.45) is 0 Å². The van der Waals surface area contributed by atoms with E-state index in [0.29, 0.717) is 0 Å². The van der Waals surface area contributed by atoms with Gasteiger partial charge in [-0.2, -0.15) is 0 Å². The van der Waals surface area contributed by atoms with Crippen LogP contribution in [0, 0.1) is 0 Å². The van der Waals surface area contributed by atoms with E-state index in [1.165, 1.54) is 16.5 Å². The van der Waals surface area contributed by atoms with E-state index in [2.05, 4.69) is 34.6 Å². The molecule has 1 aliphatic heterocycles. The van der Waals surface area contributed by atoms with Crippen LogP contribution in [-0.2, 0) is 13.0 Å². The number of aryl methyl sites for hydroxylation is 1. The molecule has 0 aliphatic carbocycles. The van der Waals surface area contributed by atoms with Crippen molar-refractivity contribution >= 4 is 10.9 Å². The van der Waals surface area contributed by atoms with Gasteiger partial charge in [0, 0.05) is 36.4 Å². The zero-order valence-electron chi connectivity index (χ0n) is 11.0. The highest BCUT2D eigenvalue weighted by Gasteiger charge is 2.21. The Bertz CT molecular complexity index is 559.